The van der Waals surface area contributed by atoms with Crippen LogP contribution in [-0.2, 0) is 16.1 Å². The third-order valence-corrected chi connectivity index (χ3v) is 3.91. The molecule has 0 saturated carbocycles. The molecule has 132 valence electrons. The highest BCUT2D eigenvalue weighted by Gasteiger charge is 2.15. The number of nitrogens with one attached hydrogen (secondary N) is 1. The lowest BCUT2D eigenvalue weighted by molar-refractivity contribution is -0.116. The van der Waals surface area contributed by atoms with Crippen molar-refractivity contribution < 1.29 is 14.3 Å². The molecule has 1 N–H and O–H groups in total. The number of hydrogen-bond acceptors (Lipinski definition) is 5. The Morgan fingerprint density at radius 2 is 1.96 bits per heavy atom. The molecule has 1 aromatic heterocycles. The van der Waals surface area contributed by atoms with E-state index in [0.717, 1.165) is 5.56 Å². The summed E-state index contributed by atoms with van der Waals surface area (Å²) in [4.78, 5) is 40.6. The van der Waals surface area contributed by atoms with Crippen LogP contribution in [-0.4, -0.2) is 28.5 Å². The van der Waals surface area contributed by atoms with Crippen LogP contribution >= 0.6 is 0 Å². The largest absolute Gasteiger partial charge is 0.465 e. The van der Waals surface area contributed by atoms with E-state index in [9.17, 15) is 14.4 Å². The second-order valence-electron chi connectivity index (χ2n) is 5.76. The Bertz CT molecular complexity index is 1060. The average Bonchev–Trinajstić information content (AvgIpc) is 2.65. The first-order valence-electron chi connectivity index (χ1n) is 7.93. The first-order valence-corrected chi connectivity index (χ1v) is 7.93. The van der Waals surface area contributed by atoms with E-state index in [1.807, 2.05) is 6.92 Å². The summed E-state index contributed by atoms with van der Waals surface area (Å²) in [5.41, 5.74) is 2.25. The van der Waals surface area contributed by atoms with E-state index in [2.05, 4.69) is 10.3 Å². The Hall–Kier alpha value is -3.48. The van der Waals surface area contributed by atoms with Crippen LogP contribution in [0.2, 0.25) is 0 Å². The number of fused-ring (bicyclic) bond motifs is 1. The van der Waals surface area contributed by atoms with Crippen LogP contribution in [0, 0.1) is 6.92 Å². The molecule has 0 radical (unpaired) electrons. The Kier molecular flexibility index (Phi) is 4.79. The number of anilines is 1. The molecule has 0 aliphatic carbocycles. The first-order chi connectivity index (χ1) is 12.5. The van der Waals surface area contributed by atoms with Gasteiger partial charge in [0.2, 0.25) is 5.91 Å². The summed E-state index contributed by atoms with van der Waals surface area (Å²) in [6.07, 6.45) is 1.18. The van der Waals surface area contributed by atoms with Crippen LogP contribution in [0.25, 0.3) is 11.0 Å². The molecule has 1 heterocycles. The van der Waals surface area contributed by atoms with Crippen molar-refractivity contribution >= 4 is 28.6 Å². The average molecular weight is 351 g/mol. The molecule has 0 spiro atoms. The number of methoxy groups -OCH3 is 1. The third-order valence-electron chi connectivity index (χ3n) is 3.91. The molecule has 1 amide bonds. The third kappa shape index (κ3) is 3.46. The fraction of sp³-hybridized carbons (Fsp3) is 0.158. The zero-order valence-electron chi connectivity index (χ0n) is 14.4. The highest BCUT2D eigenvalue weighted by molar-refractivity contribution is 6.01. The molecular weight excluding hydrogens is 334 g/mol. The molecule has 7 heteroatoms. The lowest BCUT2D eigenvalue weighted by Crippen LogP contribution is -2.28. The highest BCUT2D eigenvalue weighted by atomic mass is 16.5. The summed E-state index contributed by atoms with van der Waals surface area (Å²) in [6, 6.07) is 12.1. The van der Waals surface area contributed by atoms with E-state index in [1.165, 1.54) is 17.9 Å². The molecule has 3 aromatic rings. The van der Waals surface area contributed by atoms with Crippen LogP contribution in [0.1, 0.15) is 15.9 Å². The summed E-state index contributed by atoms with van der Waals surface area (Å²) in [7, 11) is 1.28. The van der Waals surface area contributed by atoms with Crippen molar-refractivity contribution in [2.24, 2.45) is 0 Å². The van der Waals surface area contributed by atoms with Crippen molar-refractivity contribution in [3.05, 3.63) is 70.1 Å². The van der Waals surface area contributed by atoms with Gasteiger partial charge in [0.15, 0.2) is 0 Å². The van der Waals surface area contributed by atoms with Crippen molar-refractivity contribution in [1.29, 1.82) is 0 Å². The number of para-hydroxylation sites is 2. The molecule has 26 heavy (non-hydrogen) atoms. The maximum Gasteiger partial charge on any atom is 0.339 e. The van der Waals surface area contributed by atoms with Gasteiger partial charge < -0.3 is 10.1 Å². The zero-order valence-corrected chi connectivity index (χ0v) is 14.4. The Morgan fingerprint density at radius 3 is 2.73 bits per heavy atom. The molecule has 0 bridgehead atoms. The standard InChI is InChI=1S/C19H17N3O4/c1-12-7-8-14(13(9-12)19(25)26-2)21-17(23)11-22-16-6-4-3-5-15(16)20-10-18(22)24/h3-10H,11H2,1-2H3,(H,21,23). The number of ether oxygens (including phenoxy) is 1. The van der Waals surface area contributed by atoms with Gasteiger partial charge in [-0.15, -0.1) is 0 Å². The number of hydrogen-bond donors (Lipinski definition) is 1. The van der Waals surface area contributed by atoms with Gasteiger partial charge in [0.05, 0.1) is 35.6 Å². The Morgan fingerprint density at radius 1 is 1.19 bits per heavy atom. The van der Waals surface area contributed by atoms with E-state index >= 15 is 0 Å². The van der Waals surface area contributed by atoms with E-state index in [-0.39, 0.29) is 17.7 Å². The van der Waals surface area contributed by atoms with Gasteiger partial charge in [0.25, 0.3) is 5.56 Å². The number of nitrogens with zero attached hydrogens (tertiary/aromatic N) is 2. The zero-order chi connectivity index (χ0) is 18.7. The fourth-order valence-corrected chi connectivity index (χ4v) is 2.66. The number of rotatable bonds is 4. The minimum atomic E-state index is -0.546. The number of aromatic nitrogens is 2. The number of amides is 1. The van der Waals surface area contributed by atoms with Gasteiger partial charge in [0, 0.05) is 0 Å². The molecule has 0 saturated heterocycles. The summed E-state index contributed by atoms with van der Waals surface area (Å²) in [5, 5.41) is 2.67. The predicted molar refractivity (Wildman–Crippen MR) is 97.2 cm³/mol. The van der Waals surface area contributed by atoms with E-state index in [1.54, 1.807) is 42.5 Å². The SMILES string of the molecule is COC(=O)c1cc(C)ccc1NC(=O)Cn1c(=O)cnc2ccccc21. The molecule has 0 atom stereocenters. The predicted octanol–water partition coefficient (Wildman–Crippen LogP) is 2.13. The number of esters is 1. The van der Waals surface area contributed by atoms with Crippen molar-refractivity contribution in [2.75, 3.05) is 12.4 Å². The minimum absolute atomic E-state index is 0.198. The van der Waals surface area contributed by atoms with Gasteiger partial charge in [-0.1, -0.05) is 23.8 Å². The van der Waals surface area contributed by atoms with Crippen LogP contribution in [0.4, 0.5) is 5.69 Å². The van der Waals surface area contributed by atoms with Crippen LogP contribution in [0.3, 0.4) is 0 Å². The van der Waals surface area contributed by atoms with Gasteiger partial charge in [-0.05, 0) is 31.2 Å². The summed E-state index contributed by atoms with van der Waals surface area (Å²) in [5.74, 6) is -0.979. The fourth-order valence-electron chi connectivity index (χ4n) is 2.66. The quantitative estimate of drug-likeness (QED) is 0.727. The van der Waals surface area contributed by atoms with Gasteiger partial charge in [-0.25, -0.2) is 9.78 Å². The first kappa shape index (κ1) is 17.3. The minimum Gasteiger partial charge on any atom is -0.465 e. The maximum absolute atomic E-state index is 12.5. The monoisotopic (exact) mass is 351 g/mol. The van der Waals surface area contributed by atoms with Crippen molar-refractivity contribution in [1.82, 2.24) is 9.55 Å². The maximum atomic E-state index is 12.5. The molecular formula is C19H17N3O4. The smallest absolute Gasteiger partial charge is 0.339 e. The van der Waals surface area contributed by atoms with Gasteiger partial charge in [-0.3, -0.25) is 14.2 Å². The molecule has 2 aromatic carbocycles. The lowest BCUT2D eigenvalue weighted by atomic mass is 10.1. The van der Waals surface area contributed by atoms with Crippen LogP contribution < -0.4 is 10.9 Å². The summed E-state index contributed by atoms with van der Waals surface area (Å²) >= 11 is 0. The van der Waals surface area contributed by atoms with Gasteiger partial charge in [-0.2, -0.15) is 0 Å². The summed E-state index contributed by atoms with van der Waals surface area (Å²) < 4.78 is 6.09. The van der Waals surface area contributed by atoms with E-state index in [0.29, 0.717) is 16.7 Å². The molecule has 0 aliphatic heterocycles. The normalized spacial score (nSPS) is 10.5. The van der Waals surface area contributed by atoms with Gasteiger partial charge >= 0.3 is 5.97 Å². The lowest BCUT2D eigenvalue weighted by Gasteiger charge is -2.12. The van der Waals surface area contributed by atoms with Gasteiger partial charge in [0.1, 0.15) is 6.54 Å². The summed E-state index contributed by atoms with van der Waals surface area (Å²) in [6.45, 7) is 1.64. The molecule has 0 unspecified atom stereocenters. The van der Waals surface area contributed by atoms with Crippen molar-refractivity contribution in [3.63, 3.8) is 0 Å². The Balaban J connectivity index is 1.91. The van der Waals surface area contributed by atoms with Crippen LogP contribution in [0.5, 0.6) is 0 Å². The number of carbonyl (C=O) groups excluding carboxylic acids is 2. The molecule has 0 fully saturated rings. The molecule has 0 aliphatic rings. The Labute approximate surface area is 149 Å². The van der Waals surface area contributed by atoms with E-state index in [4.69, 9.17) is 4.74 Å². The second kappa shape index (κ2) is 7.18. The van der Waals surface area contributed by atoms with E-state index < -0.39 is 11.9 Å². The number of aryl methyl sites for hydroxylation is 1. The number of carbonyl (C=O) groups is 2. The van der Waals surface area contributed by atoms with Crippen LogP contribution in [0.15, 0.2) is 53.5 Å². The number of benzene rings is 2. The molecule has 3 rings (SSSR count). The van der Waals surface area contributed by atoms with Crippen molar-refractivity contribution in [3.8, 4) is 0 Å². The van der Waals surface area contributed by atoms with Crippen molar-refractivity contribution in [2.45, 2.75) is 13.5 Å². The highest BCUT2D eigenvalue weighted by Crippen LogP contribution is 2.18. The topological polar surface area (TPSA) is 90.3 Å². The molecule has 7 nitrogen and oxygen atoms in total. The second-order valence-corrected chi connectivity index (χ2v) is 5.76.